The molecule has 1 N–H and O–H groups in total. The van der Waals surface area contributed by atoms with Gasteiger partial charge >= 0.3 is 12.1 Å². The summed E-state index contributed by atoms with van der Waals surface area (Å²) in [5.41, 5.74) is 0. The van der Waals surface area contributed by atoms with Crippen LogP contribution in [0.5, 0.6) is 0 Å². The summed E-state index contributed by atoms with van der Waals surface area (Å²) in [6.07, 6.45) is -2.53. The molecule has 1 heterocycles. The monoisotopic (exact) mass is 336 g/mol. The second kappa shape index (κ2) is 8.89. The second-order valence-corrected chi connectivity index (χ2v) is 13.1. The van der Waals surface area contributed by atoms with E-state index >= 15 is 0 Å². The molecule has 8 heteroatoms. The maximum Gasteiger partial charge on any atom is 0.490 e. The molecule has 122 valence electrons. The van der Waals surface area contributed by atoms with Crippen molar-refractivity contribution in [1.82, 2.24) is 0 Å². The molecule has 0 aromatic heterocycles. The van der Waals surface area contributed by atoms with Crippen LogP contribution in [-0.4, -0.2) is 37.8 Å². The molecule has 0 amide bonds. The lowest BCUT2D eigenvalue weighted by Gasteiger charge is -2.29. The van der Waals surface area contributed by atoms with E-state index in [2.05, 4.69) is 33.9 Å². The molecule has 1 saturated heterocycles. The van der Waals surface area contributed by atoms with Gasteiger partial charge in [0.1, 0.15) is 0 Å². The Balaban J connectivity index is 0. The van der Waals surface area contributed by atoms with E-state index in [-0.39, 0.29) is 0 Å². The van der Waals surface area contributed by atoms with E-state index in [1.807, 2.05) is 0 Å². The fraction of sp³-hybridized carbons (Fsp3) is 0.917. The topological polar surface area (TPSA) is 46.5 Å². The third-order valence-electron chi connectivity index (χ3n) is 2.85. The Morgan fingerprint density at radius 3 is 1.45 bits per heavy atom. The van der Waals surface area contributed by atoms with Gasteiger partial charge in [-0.15, -0.1) is 0 Å². The first-order valence-electron chi connectivity index (χ1n) is 6.26. The summed E-state index contributed by atoms with van der Waals surface area (Å²) in [7, 11) is -1.39. The zero-order chi connectivity index (χ0) is 16.6. The lowest BCUT2D eigenvalue weighted by Crippen LogP contribution is -2.29. The van der Waals surface area contributed by atoms with E-state index in [9.17, 15) is 13.2 Å². The number of aliphatic carboxylic acids is 1. The van der Waals surface area contributed by atoms with Crippen molar-refractivity contribution in [3.63, 3.8) is 0 Å². The van der Waals surface area contributed by atoms with Crippen molar-refractivity contribution < 1.29 is 27.8 Å². The van der Waals surface area contributed by atoms with Crippen molar-refractivity contribution in [3.8, 4) is 0 Å². The smallest absolute Gasteiger partial charge is 0.475 e. The van der Waals surface area contributed by atoms with E-state index in [0.29, 0.717) is 5.04 Å². The van der Waals surface area contributed by atoms with Crippen LogP contribution in [0.4, 0.5) is 13.2 Å². The van der Waals surface area contributed by atoms with Gasteiger partial charge in [-0.25, -0.2) is 4.79 Å². The SMILES string of the molecule is C1CCOC1.CC(C)(C)[Si](C)(C)Cl.O=C(O)C(F)(F)F. The Labute approximate surface area is 124 Å². The lowest BCUT2D eigenvalue weighted by atomic mass is 10.2. The van der Waals surface area contributed by atoms with Crippen LogP contribution < -0.4 is 0 Å². The minimum atomic E-state index is -5.08. The molecule has 0 aromatic carbocycles. The molecule has 0 unspecified atom stereocenters. The summed E-state index contributed by atoms with van der Waals surface area (Å²) in [5.74, 6) is -2.76. The molecule has 0 aliphatic carbocycles. The first kappa shape index (κ1) is 22.0. The molecule has 20 heavy (non-hydrogen) atoms. The minimum absolute atomic E-state index is 0.342. The van der Waals surface area contributed by atoms with E-state index in [1.54, 1.807) is 0 Å². The Hall–Kier alpha value is -0.273. The number of ether oxygens (including phenoxy) is 1. The van der Waals surface area contributed by atoms with Gasteiger partial charge in [0, 0.05) is 13.2 Å². The van der Waals surface area contributed by atoms with Gasteiger partial charge in [0.15, 0.2) is 7.38 Å². The number of alkyl halides is 3. The number of hydrogen-bond donors (Lipinski definition) is 1. The largest absolute Gasteiger partial charge is 0.490 e. The van der Waals surface area contributed by atoms with E-state index in [1.165, 1.54) is 12.8 Å². The molecule has 3 nitrogen and oxygen atoms in total. The predicted molar refractivity (Wildman–Crippen MR) is 76.8 cm³/mol. The van der Waals surface area contributed by atoms with Crippen molar-refractivity contribution in [2.45, 2.75) is 57.9 Å². The maximum absolute atomic E-state index is 10.6. The van der Waals surface area contributed by atoms with Gasteiger partial charge in [-0.2, -0.15) is 24.3 Å². The summed E-state index contributed by atoms with van der Waals surface area (Å²) in [6, 6.07) is 0. The highest BCUT2D eigenvalue weighted by molar-refractivity contribution is 7.20. The molecule has 1 aliphatic heterocycles. The standard InChI is InChI=1S/C6H15ClSi.C4H8O.C2HF3O2/c1-6(2,3)8(4,5)7;1-2-4-5-3-1;3-2(4,5)1(6)7/h1-5H3;1-4H2;(H,6,7). The van der Waals surface area contributed by atoms with Crippen LogP contribution in [0.2, 0.25) is 18.1 Å². The molecule has 1 rings (SSSR count). The number of carboxylic acids is 1. The van der Waals surface area contributed by atoms with Crippen LogP contribution in [0.15, 0.2) is 0 Å². The normalized spacial score (nSPS) is 15.7. The second-order valence-electron chi connectivity index (χ2n) is 5.84. The molecule has 0 saturated carbocycles. The molecular weight excluding hydrogens is 313 g/mol. The predicted octanol–water partition coefficient (Wildman–Crippen LogP) is 4.66. The molecule has 1 fully saturated rings. The van der Waals surface area contributed by atoms with Gasteiger partial charge in [-0.3, -0.25) is 0 Å². The van der Waals surface area contributed by atoms with E-state index in [4.69, 9.17) is 25.7 Å². The van der Waals surface area contributed by atoms with Crippen LogP contribution in [0.1, 0.15) is 33.6 Å². The Kier molecular flexibility index (Phi) is 9.79. The highest BCUT2D eigenvalue weighted by atomic mass is 35.6. The Bertz CT molecular complexity index is 260. The summed E-state index contributed by atoms with van der Waals surface area (Å²) in [5, 5.41) is 7.47. The van der Waals surface area contributed by atoms with Crippen LogP contribution in [0.3, 0.4) is 0 Å². The molecule has 0 radical (unpaired) electrons. The van der Waals surface area contributed by atoms with Gasteiger partial charge in [-0.05, 0) is 17.9 Å². The average Bonchev–Trinajstić information content (AvgIpc) is 2.70. The highest BCUT2D eigenvalue weighted by Gasteiger charge is 2.38. The zero-order valence-corrected chi connectivity index (χ0v) is 14.4. The van der Waals surface area contributed by atoms with Crippen LogP contribution in [0.25, 0.3) is 0 Å². The summed E-state index contributed by atoms with van der Waals surface area (Å²) < 4.78 is 36.7. The molecule has 0 aromatic rings. The Morgan fingerprint density at radius 1 is 1.15 bits per heavy atom. The van der Waals surface area contributed by atoms with Gasteiger partial charge in [-0.1, -0.05) is 33.9 Å². The number of carbonyl (C=O) groups is 1. The quantitative estimate of drug-likeness (QED) is 0.517. The van der Waals surface area contributed by atoms with Gasteiger partial charge in [0.05, 0.1) is 0 Å². The van der Waals surface area contributed by atoms with Gasteiger partial charge < -0.3 is 9.84 Å². The third kappa shape index (κ3) is 12.7. The van der Waals surface area contributed by atoms with E-state index in [0.717, 1.165) is 13.2 Å². The van der Waals surface area contributed by atoms with Crippen LogP contribution in [0, 0.1) is 0 Å². The van der Waals surface area contributed by atoms with Gasteiger partial charge in [0.2, 0.25) is 0 Å². The first-order chi connectivity index (χ1) is 8.69. The summed E-state index contributed by atoms with van der Waals surface area (Å²) in [6.45, 7) is 13.0. The number of hydrogen-bond acceptors (Lipinski definition) is 2. The molecule has 0 spiro atoms. The highest BCUT2D eigenvalue weighted by Crippen LogP contribution is 2.38. The molecule has 0 atom stereocenters. The van der Waals surface area contributed by atoms with Crippen LogP contribution >= 0.6 is 11.1 Å². The van der Waals surface area contributed by atoms with Crippen molar-refractivity contribution in [2.24, 2.45) is 0 Å². The van der Waals surface area contributed by atoms with Crippen molar-refractivity contribution in [3.05, 3.63) is 0 Å². The summed E-state index contributed by atoms with van der Waals surface area (Å²) >= 11 is 6.15. The Morgan fingerprint density at radius 2 is 1.40 bits per heavy atom. The van der Waals surface area contributed by atoms with Gasteiger partial charge in [0.25, 0.3) is 0 Å². The molecule has 0 bridgehead atoms. The maximum atomic E-state index is 10.6. The first-order valence-corrected chi connectivity index (χ1v) is 10.3. The number of rotatable bonds is 0. The third-order valence-corrected chi connectivity index (χ3v) is 8.12. The summed E-state index contributed by atoms with van der Waals surface area (Å²) in [4.78, 5) is 8.90. The zero-order valence-electron chi connectivity index (χ0n) is 12.6. The average molecular weight is 337 g/mol. The van der Waals surface area contributed by atoms with Crippen molar-refractivity contribution in [1.29, 1.82) is 0 Å². The lowest BCUT2D eigenvalue weighted by molar-refractivity contribution is -0.192. The van der Waals surface area contributed by atoms with Crippen molar-refractivity contribution in [2.75, 3.05) is 13.2 Å². The van der Waals surface area contributed by atoms with Crippen LogP contribution in [-0.2, 0) is 9.53 Å². The fourth-order valence-electron chi connectivity index (χ4n) is 0.510. The molecule has 1 aliphatic rings. The van der Waals surface area contributed by atoms with E-state index < -0.39 is 19.5 Å². The minimum Gasteiger partial charge on any atom is -0.475 e. The fourth-order valence-corrected chi connectivity index (χ4v) is 0.510. The number of carboxylic acid groups (broad SMARTS) is 1. The number of halogens is 4. The molecular formula is C12H24ClF3O3Si. The van der Waals surface area contributed by atoms with Crippen molar-refractivity contribution >= 4 is 24.4 Å².